The van der Waals surface area contributed by atoms with Crippen molar-refractivity contribution >= 4 is 16.9 Å². The van der Waals surface area contributed by atoms with Gasteiger partial charge in [-0.05, 0) is 17.7 Å². The molecule has 0 amide bonds. The maximum atomic E-state index is 11.8. The van der Waals surface area contributed by atoms with Crippen LogP contribution in [0.3, 0.4) is 0 Å². The molecule has 0 N–H and O–H groups in total. The lowest BCUT2D eigenvalue weighted by Gasteiger charge is -2.15. The van der Waals surface area contributed by atoms with Crippen LogP contribution in [0.4, 0.5) is 0 Å². The van der Waals surface area contributed by atoms with Gasteiger partial charge < -0.3 is 4.74 Å². The van der Waals surface area contributed by atoms with Crippen molar-refractivity contribution in [2.24, 2.45) is 0 Å². The predicted octanol–water partition coefficient (Wildman–Crippen LogP) is 2.35. The molecule has 0 aliphatic carbocycles. The SMILES string of the molecule is C=CCOC1=Cc2ccccc2S(=O)C1. The zero-order valence-electron chi connectivity index (χ0n) is 8.31. The summed E-state index contributed by atoms with van der Waals surface area (Å²) in [4.78, 5) is 0.892. The molecule has 1 atom stereocenters. The molecule has 78 valence electrons. The van der Waals surface area contributed by atoms with Gasteiger partial charge in [0.25, 0.3) is 0 Å². The number of hydrogen-bond donors (Lipinski definition) is 0. The second-order valence-electron chi connectivity index (χ2n) is 3.24. The largest absolute Gasteiger partial charge is 0.493 e. The normalized spacial score (nSPS) is 18.9. The van der Waals surface area contributed by atoms with E-state index in [0.717, 1.165) is 16.2 Å². The van der Waals surface area contributed by atoms with Crippen molar-refractivity contribution in [3.05, 3.63) is 48.2 Å². The van der Waals surface area contributed by atoms with E-state index in [1.165, 1.54) is 0 Å². The maximum absolute atomic E-state index is 11.8. The zero-order valence-corrected chi connectivity index (χ0v) is 9.13. The van der Waals surface area contributed by atoms with E-state index >= 15 is 0 Å². The molecular weight excluding hydrogens is 208 g/mol. The van der Waals surface area contributed by atoms with Crippen LogP contribution in [0.2, 0.25) is 0 Å². The highest BCUT2D eigenvalue weighted by molar-refractivity contribution is 7.85. The monoisotopic (exact) mass is 220 g/mol. The molecule has 2 rings (SSSR count). The highest BCUT2D eigenvalue weighted by Crippen LogP contribution is 2.24. The molecule has 3 heteroatoms. The highest BCUT2D eigenvalue weighted by Gasteiger charge is 2.16. The molecule has 0 spiro atoms. The van der Waals surface area contributed by atoms with Gasteiger partial charge in [-0.15, -0.1) is 0 Å². The van der Waals surface area contributed by atoms with Crippen LogP contribution in [-0.2, 0) is 15.5 Å². The number of hydrogen-bond acceptors (Lipinski definition) is 2. The van der Waals surface area contributed by atoms with Crippen LogP contribution in [0.25, 0.3) is 6.08 Å². The molecule has 1 aromatic carbocycles. The summed E-state index contributed by atoms with van der Waals surface area (Å²) in [5.74, 6) is 1.23. The van der Waals surface area contributed by atoms with Gasteiger partial charge >= 0.3 is 0 Å². The zero-order chi connectivity index (χ0) is 10.7. The van der Waals surface area contributed by atoms with Crippen molar-refractivity contribution in [1.82, 2.24) is 0 Å². The molecule has 1 aromatic rings. The summed E-state index contributed by atoms with van der Waals surface area (Å²) in [7, 11) is -0.976. The average molecular weight is 220 g/mol. The van der Waals surface area contributed by atoms with Gasteiger partial charge in [0, 0.05) is 4.90 Å². The molecule has 0 bridgehead atoms. The van der Waals surface area contributed by atoms with E-state index in [-0.39, 0.29) is 0 Å². The van der Waals surface area contributed by atoms with Gasteiger partial charge in [0.15, 0.2) is 0 Å². The summed E-state index contributed by atoms with van der Waals surface area (Å²) >= 11 is 0. The van der Waals surface area contributed by atoms with Crippen molar-refractivity contribution in [2.75, 3.05) is 12.4 Å². The van der Waals surface area contributed by atoms with Crippen LogP contribution in [0, 0.1) is 0 Å². The third-order valence-corrected chi connectivity index (χ3v) is 3.55. The molecule has 0 saturated heterocycles. The van der Waals surface area contributed by atoms with Crippen molar-refractivity contribution in [3.63, 3.8) is 0 Å². The fourth-order valence-electron chi connectivity index (χ4n) is 1.48. The third kappa shape index (κ3) is 2.18. The second kappa shape index (κ2) is 4.45. The second-order valence-corrected chi connectivity index (χ2v) is 4.66. The minimum atomic E-state index is -0.976. The quantitative estimate of drug-likeness (QED) is 0.731. The first-order valence-corrected chi connectivity index (χ1v) is 6.05. The molecule has 15 heavy (non-hydrogen) atoms. The van der Waals surface area contributed by atoms with E-state index in [1.54, 1.807) is 6.08 Å². The van der Waals surface area contributed by atoms with Gasteiger partial charge in [-0.1, -0.05) is 30.9 Å². The summed E-state index contributed by atoms with van der Waals surface area (Å²) < 4.78 is 17.2. The number of ether oxygens (including phenoxy) is 1. The molecule has 0 aromatic heterocycles. The van der Waals surface area contributed by atoms with Crippen LogP contribution in [0.1, 0.15) is 5.56 Å². The Kier molecular flexibility index (Phi) is 3.02. The van der Waals surface area contributed by atoms with Gasteiger partial charge in [-0.3, -0.25) is 4.21 Å². The first-order valence-electron chi connectivity index (χ1n) is 4.73. The molecular formula is C12H12O2S. The Hall–Kier alpha value is -1.35. The molecule has 2 nitrogen and oxygen atoms in total. The minimum Gasteiger partial charge on any atom is -0.493 e. The minimum absolute atomic E-state index is 0.463. The van der Waals surface area contributed by atoms with E-state index in [9.17, 15) is 4.21 Å². The Morgan fingerprint density at radius 1 is 1.47 bits per heavy atom. The van der Waals surface area contributed by atoms with Crippen molar-refractivity contribution < 1.29 is 8.95 Å². The van der Waals surface area contributed by atoms with E-state index < -0.39 is 10.8 Å². The molecule has 1 unspecified atom stereocenters. The van der Waals surface area contributed by atoms with E-state index in [2.05, 4.69) is 6.58 Å². The van der Waals surface area contributed by atoms with E-state index in [1.807, 2.05) is 30.3 Å². The first kappa shape index (κ1) is 10.2. The average Bonchev–Trinajstić information content (AvgIpc) is 2.26. The summed E-state index contributed by atoms with van der Waals surface area (Å²) in [6.45, 7) is 4.04. The maximum Gasteiger partial charge on any atom is 0.110 e. The lowest BCUT2D eigenvalue weighted by Crippen LogP contribution is -2.10. The van der Waals surface area contributed by atoms with Crippen LogP contribution in [0.15, 0.2) is 47.6 Å². The number of benzene rings is 1. The number of fused-ring (bicyclic) bond motifs is 1. The fourth-order valence-corrected chi connectivity index (χ4v) is 2.68. The lowest BCUT2D eigenvalue weighted by atomic mass is 10.2. The Bertz CT molecular complexity index is 435. The standard InChI is InChI=1S/C12H12O2S/c1-2-7-14-11-8-10-5-3-4-6-12(10)15(13)9-11/h2-6,8H,1,7,9H2. The molecule has 0 fully saturated rings. The summed E-state index contributed by atoms with van der Waals surface area (Å²) in [5, 5.41) is 0. The van der Waals surface area contributed by atoms with Crippen molar-refractivity contribution in [3.8, 4) is 0 Å². The van der Waals surface area contributed by atoms with Crippen LogP contribution in [-0.4, -0.2) is 16.6 Å². The van der Waals surface area contributed by atoms with Crippen LogP contribution < -0.4 is 0 Å². The molecule has 1 aliphatic rings. The van der Waals surface area contributed by atoms with Gasteiger partial charge in [-0.2, -0.15) is 0 Å². The third-order valence-electron chi connectivity index (χ3n) is 2.14. The topological polar surface area (TPSA) is 26.3 Å². The Morgan fingerprint density at radius 3 is 3.07 bits per heavy atom. The van der Waals surface area contributed by atoms with Crippen molar-refractivity contribution in [2.45, 2.75) is 4.90 Å². The summed E-state index contributed by atoms with van der Waals surface area (Å²) in [6.07, 6.45) is 3.63. The first-order chi connectivity index (χ1) is 7.31. The Labute approximate surface area is 91.7 Å². The van der Waals surface area contributed by atoms with Crippen LogP contribution >= 0.6 is 0 Å². The van der Waals surface area contributed by atoms with Gasteiger partial charge in [0.1, 0.15) is 12.4 Å². The lowest BCUT2D eigenvalue weighted by molar-refractivity contribution is 0.254. The molecule has 1 aliphatic heterocycles. The Balaban J connectivity index is 2.30. The molecule has 0 radical (unpaired) electrons. The van der Waals surface area contributed by atoms with E-state index in [0.29, 0.717) is 12.4 Å². The molecule has 1 heterocycles. The fraction of sp³-hybridized carbons (Fsp3) is 0.167. The van der Waals surface area contributed by atoms with Gasteiger partial charge in [0.05, 0.1) is 16.6 Å². The van der Waals surface area contributed by atoms with E-state index in [4.69, 9.17) is 4.74 Å². The van der Waals surface area contributed by atoms with Gasteiger partial charge in [0.2, 0.25) is 0 Å². The summed E-state index contributed by atoms with van der Waals surface area (Å²) in [5.41, 5.74) is 0.987. The summed E-state index contributed by atoms with van der Waals surface area (Å²) in [6, 6.07) is 7.68. The highest BCUT2D eigenvalue weighted by atomic mass is 32.2. The molecule has 0 saturated carbocycles. The Morgan fingerprint density at radius 2 is 2.27 bits per heavy atom. The van der Waals surface area contributed by atoms with Crippen molar-refractivity contribution in [1.29, 1.82) is 0 Å². The smallest absolute Gasteiger partial charge is 0.110 e. The van der Waals surface area contributed by atoms with Crippen LogP contribution in [0.5, 0.6) is 0 Å². The van der Waals surface area contributed by atoms with Gasteiger partial charge in [-0.25, -0.2) is 0 Å². The number of rotatable bonds is 3. The predicted molar refractivity (Wildman–Crippen MR) is 61.8 cm³/mol.